The number of hydrogen-bond acceptors (Lipinski definition) is 8. The van der Waals surface area contributed by atoms with Gasteiger partial charge in [0, 0.05) is 35.1 Å². The zero-order valence-electron chi connectivity index (χ0n) is 27.3. The first kappa shape index (κ1) is 34.0. The molecule has 3 aromatic carbocycles. The molecule has 4 heterocycles. The molecule has 0 spiro atoms. The number of anilines is 2. The maximum absolute atomic E-state index is 16.8. The highest BCUT2D eigenvalue weighted by atomic mass is 127. The summed E-state index contributed by atoms with van der Waals surface area (Å²) in [5.74, 6) is 1.45. The van der Waals surface area contributed by atoms with Gasteiger partial charge in [0.2, 0.25) is 0 Å². The number of carboxylic acid groups (broad SMARTS) is 1. The minimum atomic E-state index is -1.09. The number of halogens is 4. The van der Waals surface area contributed by atoms with Gasteiger partial charge in [-0.2, -0.15) is 14.4 Å². The third-order valence-electron chi connectivity index (χ3n) is 9.35. The van der Waals surface area contributed by atoms with Crippen molar-refractivity contribution in [2.75, 3.05) is 37.1 Å². The molecule has 2 aromatic heterocycles. The molecule has 5 aromatic rings. The van der Waals surface area contributed by atoms with Crippen molar-refractivity contribution in [2.45, 2.75) is 38.5 Å². The maximum atomic E-state index is 16.8. The van der Waals surface area contributed by atoms with Crippen LogP contribution in [-0.2, 0) is 13.1 Å². The van der Waals surface area contributed by atoms with Crippen LogP contribution in [0.1, 0.15) is 23.1 Å². The van der Waals surface area contributed by atoms with E-state index >= 15 is 8.78 Å². The van der Waals surface area contributed by atoms with Gasteiger partial charge in [-0.1, -0.05) is 35.9 Å². The highest BCUT2D eigenvalue weighted by molar-refractivity contribution is 14.1. The van der Waals surface area contributed by atoms with Crippen molar-refractivity contribution < 1.29 is 28.2 Å². The predicted octanol–water partition coefficient (Wildman–Crippen LogP) is 7.70. The van der Waals surface area contributed by atoms with Crippen LogP contribution in [0.4, 0.5) is 25.2 Å². The summed E-state index contributed by atoms with van der Waals surface area (Å²) in [6.45, 7) is 3.44. The van der Waals surface area contributed by atoms with Crippen LogP contribution in [0.3, 0.4) is 0 Å². The molecule has 0 radical (unpaired) electrons. The molecule has 2 aliphatic rings. The third-order valence-corrected chi connectivity index (χ3v) is 11.0. The van der Waals surface area contributed by atoms with Gasteiger partial charge in [-0.05, 0) is 89.0 Å². The highest BCUT2D eigenvalue weighted by Crippen LogP contribution is 2.43. The van der Waals surface area contributed by atoms with Crippen molar-refractivity contribution in [1.29, 1.82) is 0 Å². The molecule has 2 fully saturated rings. The van der Waals surface area contributed by atoms with Crippen LogP contribution in [0.5, 0.6) is 11.5 Å². The fourth-order valence-corrected chi connectivity index (χ4v) is 7.67. The number of carbonyl (C=O) groups is 1. The van der Waals surface area contributed by atoms with Gasteiger partial charge in [-0.25, -0.2) is 14.2 Å². The summed E-state index contributed by atoms with van der Waals surface area (Å²) in [6, 6.07) is 18.5. The van der Waals surface area contributed by atoms with E-state index in [1.54, 1.807) is 20.3 Å². The maximum Gasteiger partial charge on any atom is 0.407 e. The Morgan fingerprint density at radius 2 is 1.58 bits per heavy atom. The van der Waals surface area contributed by atoms with Crippen LogP contribution in [0.2, 0.25) is 5.02 Å². The molecule has 7 rings (SSSR count). The monoisotopic (exact) mass is 812 g/mol. The van der Waals surface area contributed by atoms with Gasteiger partial charge in [-0.3, -0.25) is 0 Å². The molecule has 0 saturated carbocycles. The molecular formula is C36H32ClF2IN6O4. The predicted molar refractivity (Wildman–Crippen MR) is 195 cm³/mol. The van der Waals surface area contributed by atoms with E-state index in [4.69, 9.17) is 26.1 Å². The number of likely N-dealkylation sites (tertiary alicyclic amines) is 1. The number of benzene rings is 3. The summed E-state index contributed by atoms with van der Waals surface area (Å²) < 4.78 is 43.2. The quantitative estimate of drug-likeness (QED) is 0.119. The number of aryl methyl sites for hydroxylation is 1. The third kappa shape index (κ3) is 6.32. The van der Waals surface area contributed by atoms with Crippen molar-refractivity contribution in [3.8, 4) is 22.8 Å². The lowest BCUT2D eigenvalue weighted by atomic mass is 10.0. The molecule has 258 valence electrons. The van der Waals surface area contributed by atoms with Crippen molar-refractivity contribution in [3.05, 3.63) is 97.8 Å². The molecule has 10 nitrogen and oxygen atoms in total. The van der Waals surface area contributed by atoms with Crippen molar-refractivity contribution in [3.63, 3.8) is 0 Å². The Morgan fingerprint density at radius 3 is 2.12 bits per heavy atom. The summed E-state index contributed by atoms with van der Waals surface area (Å²) >= 11 is 9.03. The molecular weight excluding hydrogens is 781 g/mol. The smallest absolute Gasteiger partial charge is 0.407 e. The molecule has 2 unspecified atom stereocenters. The number of ether oxygens (including phenoxy) is 2. The largest absolute Gasteiger partial charge is 0.497 e. The lowest BCUT2D eigenvalue weighted by molar-refractivity contribution is 0.137. The van der Waals surface area contributed by atoms with Crippen LogP contribution in [0.25, 0.3) is 22.2 Å². The summed E-state index contributed by atoms with van der Waals surface area (Å²) in [6.07, 6.45) is -1.51. The Kier molecular flexibility index (Phi) is 9.28. The van der Waals surface area contributed by atoms with Gasteiger partial charge in [0.1, 0.15) is 28.7 Å². The van der Waals surface area contributed by atoms with Crippen LogP contribution in [0, 0.1) is 22.4 Å². The Balaban J connectivity index is 1.31. The minimum Gasteiger partial charge on any atom is -0.497 e. The zero-order chi connectivity index (χ0) is 35.3. The van der Waals surface area contributed by atoms with E-state index < -0.39 is 18.0 Å². The number of amides is 1. The SMILES string of the molecule is COc1ccc(CN(Cc2ccc(OC)cc2)c2cc(C)c(I)c(-c3c(Cl)cc4c(N5CC6CC5CN6C(=O)O)nc(F)nc4c3F)n2)cc1. The molecule has 2 saturated heterocycles. The molecule has 1 N–H and O–H groups in total. The van der Waals surface area contributed by atoms with E-state index in [-0.39, 0.29) is 45.9 Å². The van der Waals surface area contributed by atoms with Crippen LogP contribution in [0.15, 0.2) is 60.7 Å². The van der Waals surface area contributed by atoms with E-state index in [0.717, 1.165) is 28.2 Å². The highest BCUT2D eigenvalue weighted by Gasteiger charge is 2.46. The number of pyridine rings is 1. The lowest BCUT2D eigenvalue weighted by Crippen LogP contribution is -2.48. The molecule has 2 aliphatic heterocycles. The van der Waals surface area contributed by atoms with Gasteiger partial charge < -0.3 is 29.3 Å². The van der Waals surface area contributed by atoms with Crippen LogP contribution >= 0.6 is 34.2 Å². The van der Waals surface area contributed by atoms with E-state index in [2.05, 4.69) is 37.5 Å². The number of hydrogen-bond donors (Lipinski definition) is 1. The van der Waals surface area contributed by atoms with E-state index in [0.29, 0.717) is 41.1 Å². The van der Waals surface area contributed by atoms with Crippen LogP contribution in [-0.4, -0.2) is 70.4 Å². The fourth-order valence-electron chi connectivity index (χ4n) is 6.84. The number of methoxy groups -OCH3 is 2. The Labute approximate surface area is 305 Å². The average Bonchev–Trinajstić information content (AvgIpc) is 3.72. The standard InChI is InChI=1S/C36H32ClF2IN6O4/c1-19-12-28(44(15-20-4-8-24(49-2)9-5-20)16-21-6-10-25(50-3)11-7-21)41-33(31(19)40)29-27(37)14-26-32(30(29)38)42-35(39)43-34(26)45-17-23-13-22(45)18-46(23)36(47)48/h4-12,14,22-23H,13,15-18H2,1-3H3,(H,47,48). The normalized spacial score (nSPS) is 16.7. The van der Waals surface area contributed by atoms with Gasteiger partial charge in [0.25, 0.3) is 0 Å². The Morgan fingerprint density at radius 1 is 0.960 bits per heavy atom. The second-order valence-corrected chi connectivity index (χ2v) is 13.9. The van der Waals surface area contributed by atoms with Gasteiger partial charge >= 0.3 is 12.2 Å². The number of piperazine rings is 1. The van der Waals surface area contributed by atoms with Crippen LogP contribution < -0.4 is 19.3 Å². The summed E-state index contributed by atoms with van der Waals surface area (Å²) in [7, 11) is 3.24. The summed E-state index contributed by atoms with van der Waals surface area (Å²) in [5.41, 5.74) is 2.95. The topological polar surface area (TPSA) is 104 Å². The van der Waals surface area contributed by atoms with Gasteiger partial charge in [0.15, 0.2) is 5.82 Å². The van der Waals surface area contributed by atoms with Gasteiger partial charge in [0.05, 0.1) is 42.6 Å². The first-order valence-electron chi connectivity index (χ1n) is 15.8. The number of aromatic nitrogens is 3. The number of rotatable bonds is 9. The lowest BCUT2D eigenvalue weighted by Gasteiger charge is -2.33. The summed E-state index contributed by atoms with van der Waals surface area (Å²) in [4.78, 5) is 29.9. The molecule has 2 atom stereocenters. The average molecular weight is 813 g/mol. The first-order valence-corrected chi connectivity index (χ1v) is 17.3. The number of fused-ring (bicyclic) bond motifs is 3. The second-order valence-electron chi connectivity index (χ2n) is 12.4. The van der Waals surface area contributed by atoms with Gasteiger partial charge in [-0.15, -0.1) is 0 Å². The fraction of sp³-hybridized carbons (Fsp3) is 0.278. The van der Waals surface area contributed by atoms with Crippen molar-refractivity contribution in [1.82, 2.24) is 19.9 Å². The Bertz CT molecular complexity index is 2060. The zero-order valence-corrected chi connectivity index (χ0v) is 30.2. The number of nitrogens with zero attached hydrogens (tertiary/aromatic N) is 6. The minimum absolute atomic E-state index is 0.00593. The van der Waals surface area contributed by atoms with E-state index in [1.807, 2.05) is 66.4 Å². The van der Waals surface area contributed by atoms with Crippen molar-refractivity contribution >= 4 is 62.8 Å². The Hall–Kier alpha value is -4.50. The molecule has 1 amide bonds. The molecule has 0 aliphatic carbocycles. The summed E-state index contributed by atoms with van der Waals surface area (Å²) in [5, 5.41) is 9.85. The van der Waals surface area contributed by atoms with E-state index in [1.165, 1.54) is 4.90 Å². The van der Waals surface area contributed by atoms with E-state index in [9.17, 15) is 9.90 Å². The molecule has 50 heavy (non-hydrogen) atoms. The molecule has 14 heteroatoms. The molecule has 2 bridgehead atoms. The van der Waals surface area contributed by atoms with Crippen molar-refractivity contribution in [2.24, 2.45) is 0 Å². The second kappa shape index (κ2) is 13.7. The first-order chi connectivity index (χ1) is 24.0.